The first kappa shape index (κ1) is 15.5. The van der Waals surface area contributed by atoms with E-state index in [0.717, 1.165) is 25.1 Å². The zero-order chi connectivity index (χ0) is 14.6. The van der Waals surface area contributed by atoms with Gasteiger partial charge in [-0.25, -0.2) is 13.1 Å². The van der Waals surface area contributed by atoms with Crippen molar-refractivity contribution in [1.29, 1.82) is 0 Å². The molecule has 20 heavy (non-hydrogen) atoms. The SMILES string of the molecule is CNCc1cc(S(=O)(=O)NCC2CCCOC2)cn1C. The molecule has 0 bridgehead atoms. The summed E-state index contributed by atoms with van der Waals surface area (Å²) >= 11 is 0. The van der Waals surface area contributed by atoms with E-state index in [-0.39, 0.29) is 5.92 Å². The molecule has 2 heterocycles. The highest BCUT2D eigenvalue weighted by molar-refractivity contribution is 7.89. The molecule has 1 aromatic rings. The second kappa shape index (κ2) is 6.71. The zero-order valence-corrected chi connectivity index (χ0v) is 12.9. The molecule has 1 atom stereocenters. The van der Waals surface area contributed by atoms with Gasteiger partial charge in [0.05, 0.1) is 11.5 Å². The van der Waals surface area contributed by atoms with Gasteiger partial charge in [0.1, 0.15) is 0 Å². The van der Waals surface area contributed by atoms with Crippen LogP contribution in [0.25, 0.3) is 0 Å². The van der Waals surface area contributed by atoms with Crippen LogP contribution in [0, 0.1) is 5.92 Å². The van der Waals surface area contributed by atoms with E-state index in [1.807, 2.05) is 18.7 Å². The van der Waals surface area contributed by atoms with Gasteiger partial charge in [0.25, 0.3) is 0 Å². The highest BCUT2D eigenvalue weighted by atomic mass is 32.2. The molecule has 0 radical (unpaired) electrons. The Hall–Kier alpha value is -0.890. The van der Waals surface area contributed by atoms with Crippen molar-refractivity contribution in [3.63, 3.8) is 0 Å². The number of aryl methyl sites for hydroxylation is 1. The van der Waals surface area contributed by atoms with Crippen LogP contribution in [0.2, 0.25) is 0 Å². The van der Waals surface area contributed by atoms with Crippen LogP contribution < -0.4 is 10.0 Å². The summed E-state index contributed by atoms with van der Waals surface area (Å²) in [5, 5.41) is 3.02. The molecule has 7 heteroatoms. The molecule has 114 valence electrons. The number of ether oxygens (including phenoxy) is 1. The summed E-state index contributed by atoms with van der Waals surface area (Å²) in [4.78, 5) is 0.321. The maximum atomic E-state index is 12.3. The minimum absolute atomic E-state index is 0.277. The van der Waals surface area contributed by atoms with Gasteiger partial charge in [-0.2, -0.15) is 0 Å². The van der Waals surface area contributed by atoms with Crippen LogP contribution >= 0.6 is 0 Å². The summed E-state index contributed by atoms with van der Waals surface area (Å²) in [7, 11) is 0.250. The van der Waals surface area contributed by atoms with E-state index in [4.69, 9.17) is 4.74 Å². The Labute approximate surface area is 120 Å². The molecule has 0 spiro atoms. The number of aromatic nitrogens is 1. The van der Waals surface area contributed by atoms with Crippen LogP contribution in [0.1, 0.15) is 18.5 Å². The van der Waals surface area contributed by atoms with Crippen LogP contribution in [0.3, 0.4) is 0 Å². The normalized spacial score (nSPS) is 20.2. The number of hydrogen-bond acceptors (Lipinski definition) is 4. The van der Waals surface area contributed by atoms with Gasteiger partial charge in [0, 0.05) is 38.6 Å². The maximum Gasteiger partial charge on any atom is 0.242 e. The molecule has 1 aliphatic heterocycles. The fourth-order valence-electron chi connectivity index (χ4n) is 2.36. The minimum atomic E-state index is -3.43. The summed E-state index contributed by atoms with van der Waals surface area (Å²) in [5.41, 5.74) is 0.939. The molecular weight excluding hydrogens is 278 g/mol. The molecule has 1 aliphatic rings. The van der Waals surface area contributed by atoms with Crippen LogP contribution in [-0.4, -0.2) is 39.8 Å². The smallest absolute Gasteiger partial charge is 0.242 e. The van der Waals surface area contributed by atoms with E-state index in [1.165, 1.54) is 0 Å². The average Bonchev–Trinajstić information content (AvgIpc) is 2.81. The quantitative estimate of drug-likeness (QED) is 0.800. The van der Waals surface area contributed by atoms with Crippen molar-refractivity contribution in [3.05, 3.63) is 18.0 Å². The second-order valence-corrected chi connectivity index (χ2v) is 7.01. The van der Waals surface area contributed by atoms with Crippen LogP contribution in [0.15, 0.2) is 17.2 Å². The lowest BCUT2D eigenvalue weighted by molar-refractivity contribution is 0.0568. The van der Waals surface area contributed by atoms with Gasteiger partial charge in [-0.15, -0.1) is 0 Å². The Kier molecular flexibility index (Phi) is 5.20. The molecule has 0 saturated carbocycles. The summed E-state index contributed by atoms with van der Waals surface area (Å²) in [6.45, 7) is 2.51. The topological polar surface area (TPSA) is 72.4 Å². The Morgan fingerprint density at radius 2 is 2.30 bits per heavy atom. The van der Waals surface area contributed by atoms with Gasteiger partial charge < -0.3 is 14.6 Å². The predicted octanol–water partition coefficient (Wildman–Crippen LogP) is 0.449. The van der Waals surface area contributed by atoms with E-state index in [0.29, 0.717) is 24.6 Å². The lowest BCUT2D eigenvalue weighted by Crippen LogP contribution is -2.33. The van der Waals surface area contributed by atoms with Crippen molar-refractivity contribution in [3.8, 4) is 0 Å². The maximum absolute atomic E-state index is 12.3. The lowest BCUT2D eigenvalue weighted by atomic mass is 10.0. The number of nitrogens with zero attached hydrogens (tertiary/aromatic N) is 1. The van der Waals surface area contributed by atoms with Gasteiger partial charge in [-0.1, -0.05) is 0 Å². The molecule has 2 rings (SSSR count). The second-order valence-electron chi connectivity index (χ2n) is 5.24. The Morgan fingerprint density at radius 3 is 2.95 bits per heavy atom. The van der Waals surface area contributed by atoms with Gasteiger partial charge in [-0.05, 0) is 31.9 Å². The van der Waals surface area contributed by atoms with Gasteiger partial charge in [-0.3, -0.25) is 0 Å². The van der Waals surface area contributed by atoms with E-state index >= 15 is 0 Å². The summed E-state index contributed by atoms with van der Waals surface area (Å²) in [6.07, 6.45) is 3.67. The molecule has 0 amide bonds. The molecular formula is C13H23N3O3S. The average molecular weight is 301 g/mol. The molecule has 1 fully saturated rings. The standard InChI is InChI=1S/C13H23N3O3S/c1-14-8-12-6-13(9-16(12)2)20(17,18)15-7-11-4-3-5-19-10-11/h6,9,11,14-15H,3-5,7-8,10H2,1-2H3. The Bertz CT molecular complexity index is 533. The zero-order valence-electron chi connectivity index (χ0n) is 12.1. The largest absolute Gasteiger partial charge is 0.381 e. The monoisotopic (exact) mass is 301 g/mol. The van der Waals surface area contributed by atoms with Crippen LogP contribution in [0.5, 0.6) is 0 Å². The lowest BCUT2D eigenvalue weighted by Gasteiger charge is -2.21. The molecule has 0 aliphatic carbocycles. The van der Waals surface area contributed by atoms with Crippen molar-refractivity contribution in [2.45, 2.75) is 24.3 Å². The number of sulfonamides is 1. The minimum Gasteiger partial charge on any atom is -0.381 e. The molecule has 1 saturated heterocycles. The van der Waals surface area contributed by atoms with Crippen LogP contribution in [-0.2, 0) is 28.4 Å². The van der Waals surface area contributed by atoms with Gasteiger partial charge >= 0.3 is 0 Å². The van der Waals surface area contributed by atoms with Crippen molar-refractivity contribution >= 4 is 10.0 Å². The molecule has 2 N–H and O–H groups in total. The fraction of sp³-hybridized carbons (Fsp3) is 0.692. The molecule has 1 aromatic heterocycles. The summed E-state index contributed by atoms with van der Waals surface area (Å²) in [5.74, 6) is 0.277. The number of nitrogens with one attached hydrogen (secondary N) is 2. The summed E-state index contributed by atoms with van der Waals surface area (Å²) in [6, 6.07) is 1.70. The number of hydrogen-bond donors (Lipinski definition) is 2. The predicted molar refractivity (Wildman–Crippen MR) is 76.9 cm³/mol. The highest BCUT2D eigenvalue weighted by Gasteiger charge is 2.20. The van der Waals surface area contributed by atoms with E-state index in [2.05, 4.69) is 10.0 Å². The van der Waals surface area contributed by atoms with E-state index < -0.39 is 10.0 Å². The number of rotatable bonds is 6. The van der Waals surface area contributed by atoms with Crippen molar-refractivity contribution in [1.82, 2.24) is 14.6 Å². The summed E-state index contributed by atoms with van der Waals surface area (Å²) < 4.78 is 34.4. The van der Waals surface area contributed by atoms with Crippen LogP contribution in [0.4, 0.5) is 0 Å². The van der Waals surface area contributed by atoms with Crippen molar-refractivity contribution in [2.24, 2.45) is 13.0 Å². The first-order valence-electron chi connectivity index (χ1n) is 6.90. The Morgan fingerprint density at radius 1 is 1.50 bits per heavy atom. The molecule has 0 aromatic carbocycles. The first-order valence-corrected chi connectivity index (χ1v) is 8.38. The van der Waals surface area contributed by atoms with Gasteiger partial charge in [0.15, 0.2) is 0 Å². The fourth-order valence-corrected chi connectivity index (χ4v) is 3.57. The van der Waals surface area contributed by atoms with Crippen molar-refractivity contribution in [2.75, 3.05) is 26.8 Å². The Balaban J connectivity index is 2.00. The van der Waals surface area contributed by atoms with Crippen molar-refractivity contribution < 1.29 is 13.2 Å². The van der Waals surface area contributed by atoms with E-state index in [9.17, 15) is 8.42 Å². The van der Waals surface area contributed by atoms with E-state index in [1.54, 1.807) is 12.3 Å². The highest BCUT2D eigenvalue weighted by Crippen LogP contribution is 2.16. The first-order chi connectivity index (χ1) is 9.53. The molecule has 6 nitrogen and oxygen atoms in total. The third-order valence-corrected chi connectivity index (χ3v) is 4.96. The third-order valence-electron chi connectivity index (χ3n) is 3.57. The third kappa shape index (κ3) is 3.82. The van der Waals surface area contributed by atoms with Gasteiger partial charge in [0.2, 0.25) is 10.0 Å². The molecule has 1 unspecified atom stereocenters.